The van der Waals surface area contributed by atoms with E-state index >= 15 is 0 Å². The molecule has 2 unspecified atom stereocenters. The molecule has 1 aromatic rings. The lowest BCUT2D eigenvalue weighted by atomic mass is 9.73. The number of phenolic OH excluding ortho intramolecular Hbond substituents is 1. The average molecular weight is 246 g/mol. The number of esters is 1. The van der Waals surface area contributed by atoms with E-state index in [9.17, 15) is 9.90 Å². The van der Waals surface area contributed by atoms with Crippen molar-refractivity contribution in [2.24, 2.45) is 5.92 Å². The molecular formula is C15H18O3. The third kappa shape index (κ3) is 1.46. The van der Waals surface area contributed by atoms with E-state index in [0.717, 1.165) is 32.1 Å². The molecule has 3 heteroatoms. The summed E-state index contributed by atoms with van der Waals surface area (Å²) in [5, 5.41) is 9.71. The van der Waals surface area contributed by atoms with Gasteiger partial charge in [-0.2, -0.15) is 0 Å². The average Bonchev–Trinajstić information content (AvgIpc) is 2.95. The van der Waals surface area contributed by atoms with Gasteiger partial charge in [0.1, 0.15) is 5.75 Å². The van der Waals surface area contributed by atoms with Crippen molar-refractivity contribution in [3.63, 3.8) is 0 Å². The van der Waals surface area contributed by atoms with Gasteiger partial charge in [0.05, 0.1) is 13.0 Å². The van der Waals surface area contributed by atoms with Crippen LogP contribution in [0, 0.1) is 5.92 Å². The molecule has 0 aliphatic heterocycles. The van der Waals surface area contributed by atoms with Gasteiger partial charge in [-0.15, -0.1) is 0 Å². The SMILES string of the molecule is COC(=O)C1CCCC12CCc1ccc(O)cc12. The van der Waals surface area contributed by atoms with Crippen molar-refractivity contribution in [1.82, 2.24) is 0 Å². The summed E-state index contributed by atoms with van der Waals surface area (Å²) in [5.41, 5.74) is 2.38. The number of aryl methyl sites for hydroxylation is 1. The lowest BCUT2D eigenvalue weighted by Crippen LogP contribution is -2.34. The monoisotopic (exact) mass is 246 g/mol. The Morgan fingerprint density at radius 1 is 1.44 bits per heavy atom. The summed E-state index contributed by atoms with van der Waals surface area (Å²) < 4.78 is 4.96. The molecule has 3 nitrogen and oxygen atoms in total. The smallest absolute Gasteiger partial charge is 0.309 e. The molecule has 1 spiro atoms. The molecule has 0 saturated heterocycles. The van der Waals surface area contributed by atoms with Crippen LogP contribution in [-0.4, -0.2) is 18.2 Å². The van der Waals surface area contributed by atoms with Crippen LogP contribution in [0.3, 0.4) is 0 Å². The Morgan fingerprint density at radius 2 is 2.28 bits per heavy atom. The van der Waals surface area contributed by atoms with E-state index in [1.165, 1.54) is 18.2 Å². The van der Waals surface area contributed by atoms with Gasteiger partial charge in [0.15, 0.2) is 0 Å². The third-order valence-electron chi connectivity index (χ3n) is 4.74. The van der Waals surface area contributed by atoms with E-state index in [2.05, 4.69) is 0 Å². The van der Waals surface area contributed by atoms with Gasteiger partial charge in [-0.05, 0) is 48.9 Å². The zero-order chi connectivity index (χ0) is 12.8. The molecule has 96 valence electrons. The molecule has 0 heterocycles. The van der Waals surface area contributed by atoms with Crippen molar-refractivity contribution in [3.05, 3.63) is 29.3 Å². The van der Waals surface area contributed by atoms with E-state index in [1.54, 1.807) is 6.07 Å². The minimum absolute atomic E-state index is 0.0365. The van der Waals surface area contributed by atoms with E-state index in [1.807, 2.05) is 12.1 Å². The molecule has 1 fully saturated rings. The number of carbonyl (C=O) groups is 1. The largest absolute Gasteiger partial charge is 0.508 e. The highest BCUT2D eigenvalue weighted by Gasteiger charge is 2.51. The van der Waals surface area contributed by atoms with Crippen LogP contribution >= 0.6 is 0 Å². The highest BCUT2D eigenvalue weighted by atomic mass is 16.5. The summed E-state index contributed by atoms with van der Waals surface area (Å²) in [6.45, 7) is 0. The molecule has 0 aromatic heterocycles. The molecule has 1 N–H and O–H groups in total. The quantitative estimate of drug-likeness (QED) is 0.775. The second-order valence-corrected chi connectivity index (χ2v) is 5.47. The van der Waals surface area contributed by atoms with Gasteiger partial charge < -0.3 is 9.84 Å². The Balaban J connectivity index is 2.07. The molecule has 2 aliphatic carbocycles. The third-order valence-corrected chi connectivity index (χ3v) is 4.74. The molecule has 0 bridgehead atoms. The first kappa shape index (κ1) is 11.6. The highest BCUT2D eigenvalue weighted by molar-refractivity contribution is 5.76. The fraction of sp³-hybridized carbons (Fsp3) is 0.533. The summed E-state index contributed by atoms with van der Waals surface area (Å²) in [7, 11) is 1.46. The van der Waals surface area contributed by atoms with Crippen molar-refractivity contribution in [2.45, 2.75) is 37.5 Å². The first-order chi connectivity index (χ1) is 8.67. The predicted octanol–water partition coefficient (Wildman–Crippen LogP) is 2.55. The Kier molecular flexibility index (Phi) is 2.58. The number of carbonyl (C=O) groups excluding carboxylic acids is 1. The molecule has 2 aliphatic rings. The molecular weight excluding hydrogens is 228 g/mol. The number of methoxy groups -OCH3 is 1. The normalized spacial score (nSPS) is 29.5. The number of rotatable bonds is 1. The van der Waals surface area contributed by atoms with Crippen LogP contribution in [0.5, 0.6) is 5.75 Å². The summed E-state index contributed by atoms with van der Waals surface area (Å²) in [6, 6.07) is 5.58. The Morgan fingerprint density at radius 3 is 3.06 bits per heavy atom. The van der Waals surface area contributed by atoms with Crippen LogP contribution in [0.2, 0.25) is 0 Å². The van der Waals surface area contributed by atoms with Crippen LogP contribution in [0.1, 0.15) is 36.8 Å². The van der Waals surface area contributed by atoms with E-state index in [0.29, 0.717) is 5.75 Å². The van der Waals surface area contributed by atoms with E-state index in [-0.39, 0.29) is 17.3 Å². The number of aromatic hydroxyl groups is 1. The van der Waals surface area contributed by atoms with Gasteiger partial charge in [-0.1, -0.05) is 12.5 Å². The predicted molar refractivity (Wildman–Crippen MR) is 67.5 cm³/mol. The van der Waals surface area contributed by atoms with Gasteiger partial charge in [-0.25, -0.2) is 0 Å². The molecule has 3 rings (SSSR count). The molecule has 2 atom stereocenters. The second kappa shape index (κ2) is 4.01. The van der Waals surface area contributed by atoms with Crippen molar-refractivity contribution in [3.8, 4) is 5.75 Å². The van der Waals surface area contributed by atoms with Crippen molar-refractivity contribution in [2.75, 3.05) is 7.11 Å². The number of benzene rings is 1. The first-order valence-electron chi connectivity index (χ1n) is 6.57. The van der Waals surface area contributed by atoms with Gasteiger partial charge in [-0.3, -0.25) is 4.79 Å². The zero-order valence-corrected chi connectivity index (χ0v) is 10.6. The summed E-state index contributed by atoms with van der Waals surface area (Å²) in [4.78, 5) is 12.0. The Hall–Kier alpha value is -1.51. The Labute approximate surface area is 107 Å². The number of ether oxygens (including phenoxy) is 1. The summed E-state index contributed by atoms with van der Waals surface area (Å²) in [6.07, 6.45) is 5.01. The lowest BCUT2D eigenvalue weighted by Gasteiger charge is -2.30. The molecule has 1 saturated carbocycles. The fourth-order valence-electron chi connectivity index (χ4n) is 3.92. The lowest BCUT2D eigenvalue weighted by molar-refractivity contribution is -0.147. The standard InChI is InChI=1S/C15H18O3/c1-18-14(17)12-3-2-7-15(12)8-6-10-4-5-11(16)9-13(10)15/h4-5,9,12,16H,2-3,6-8H2,1H3. The maximum atomic E-state index is 12.0. The maximum Gasteiger partial charge on any atom is 0.309 e. The van der Waals surface area contributed by atoms with E-state index < -0.39 is 0 Å². The van der Waals surface area contributed by atoms with Gasteiger partial charge >= 0.3 is 5.97 Å². The van der Waals surface area contributed by atoms with Crippen molar-refractivity contribution < 1.29 is 14.6 Å². The molecule has 0 amide bonds. The Bertz CT molecular complexity index is 495. The maximum absolute atomic E-state index is 12.0. The summed E-state index contributed by atoms with van der Waals surface area (Å²) in [5.74, 6) is 0.166. The van der Waals surface area contributed by atoms with Gasteiger partial charge in [0, 0.05) is 5.41 Å². The summed E-state index contributed by atoms with van der Waals surface area (Å²) >= 11 is 0. The van der Waals surface area contributed by atoms with Crippen LogP contribution in [0.4, 0.5) is 0 Å². The molecule has 18 heavy (non-hydrogen) atoms. The number of phenols is 1. The zero-order valence-electron chi connectivity index (χ0n) is 10.6. The first-order valence-corrected chi connectivity index (χ1v) is 6.57. The molecule has 1 aromatic carbocycles. The van der Waals surface area contributed by atoms with Crippen LogP contribution in [-0.2, 0) is 21.4 Å². The molecule has 0 radical (unpaired) electrons. The number of fused-ring (bicyclic) bond motifs is 2. The second-order valence-electron chi connectivity index (χ2n) is 5.47. The minimum atomic E-state index is -0.0938. The van der Waals surface area contributed by atoms with Gasteiger partial charge in [0.2, 0.25) is 0 Å². The highest BCUT2D eigenvalue weighted by Crippen LogP contribution is 2.54. The number of hydrogen-bond donors (Lipinski definition) is 1. The topological polar surface area (TPSA) is 46.5 Å². The van der Waals surface area contributed by atoms with Crippen LogP contribution in [0.25, 0.3) is 0 Å². The van der Waals surface area contributed by atoms with E-state index in [4.69, 9.17) is 4.74 Å². The van der Waals surface area contributed by atoms with Crippen LogP contribution < -0.4 is 0 Å². The number of hydrogen-bond acceptors (Lipinski definition) is 3. The van der Waals surface area contributed by atoms with Crippen molar-refractivity contribution in [1.29, 1.82) is 0 Å². The van der Waals surface area contributed by atoms with Gasteiger partial charge in [0.25, 0.3) is 0 Å². The fourth-order valence-corrected chi connectivity index (χ4v) is 3.92. The van der Waals surface area contributed by atoms with Crippen molar-refractivity contribution >= 4 is 5.97 Å². The minimum Gasteiger partial charge on any atom is -0.508 e. The van der Waals surface area contributed by atoms with Crippen LogP contribution in [0.15, 0.2) is 18.2 Å².